The molecule has 0 aliphatic heterocycles. The zero-order valence-electron chi connectivity index (χ0n) is 13.2. The van der Waals surface area contributed by atoms with Crippen LogP contribution in [0.15, 0.2) is 29.3 Å². The van der Waals surface area contributed by atoms with Crippen molar-refractivity contribution in [3.05, 3.63) is 29.8 Å². The zero-order valence-corrected chi connectivity index (χ0v) is 13.2. The number of carbonyl (C=O) groups excluding carboxylic acids is 1. The van der Waals surface area contributed by atoms with Crippen molar-refractivity contribution in [1.29, 1.82) is 0 Å². The Kier molecular flexibility index (Phi) is 8.68. The predicted octanol–water partition coefficient (Wildman–Crippen LogP) is -0.473. The van der Waals surface area contributed by atoms with Crippen molar-refractivity contribution < 1.29 is 24.8 Å². The summed E-state index contributed by atoms with van der Waals surface area (Å²) in [6, 6.07) is 5.95. The molecular formula is C14H23N5O5. The van der Waals surface area contributed by atoms with Crippen LogP contribution in [-0.2, 0) is 16.1 Å². The van der Waals surface area contributed by atoms with E-state index in [1.54, 1.807) is 24.3 Å². The van der Waals surface area contributed by atoms with Crippen molar-refractivity contribution in [2.75, 3.05) is 13.2 Å². The van der Waals surface area contributed by atoms with E-state index < -0.39 is 12.0 Å². The first kappa shape index (κ1) is 19.8. The molecule has 0 saturated heterocycles. The highest BCUT2D eigenvalue weighted by molar-refractivity contribution is 5.78. The van der Waals surface area contributed by atoms with Crippen LogP contribution >= 0.6 is 0 Å². The molecule has 0 amide bonds. The van der Waals surface area contributed by atoms with Gasteiger partial charge in [-0.05, 0) is 37.0 Å². The van der Waals surface area contributed by atoms with Crippen LogP contribution in [-0.4, -0.2) is 46.9 Å². The summed E-state index contributed by atoms with van der Waals surface area (Å²) in [4.78, 5) is 20.1. The van der Waals surface area contributed by atoms with E-state index in [0.29, 0.717) is 31.6 Å². The van der Waals surface area contributed by atoms with E-state index in [0.717, 1.165) is 5.56 Å². The number of nitrogens with two attached hydrogens (primary N) is 3. The monoisotopic (exact) mass is 341 g/mol. The topological polar surface area (TPSA) is 170 Å². The minimum Gasteiger partial charge on any atom is -0.425 e. The van der Waals surface area contributed by atoms with Crippen molar-refractivity contribution in [2.24, 2.45) is 22.2 Å². The number of esters is 1. The van der Waals surface area contributed by atoms with Crippen LogP contribution in [0.5, 0.6) is 5.75 Å². The van der Waals surface area contributed by atoms with Crippen molar-refractivity contribution >= 4 is 11.9 Å². The van der Waals surface area contributed by atoms with Gasteiger partial charge >= 0.3 is 5.97 Å². The summed E-state index contributed by atoms with van der Waals surface area (Å²) in [5.41, 5.74) is 17.0. The van der Waals surface area contributed by atoms with Crippen molar-refractivity contribution in [3.8, 4) is 5.75 Å². The van der Waals surface area contributed by atoms with Crippen LogP contribution in [0.4, 0.5) is 0 Å². The van der Waals surface area contributed by atoms with E-state index in [-0.39, 0.29) is 18.0 Å². The number of aliphatic imine (C=N–C) groups is 1. The summed E-state index contributed by atoms with van der Waals surface area (Å²) in [7, 11) is 0. The van der Waals surface area contributed by atoms with Gasteiger partial charge < -0.3 is 21.9 Å². The summed E-state index contributed by atoms with van der Waals surface area (Å²) >= 11 is 0. The number of guanidine groups is 1. The quantitative estimate of drug-likeness (QED) is 0.0942. The van der Waals surface area contributed by atoms with Gasteiger partial charge in [-0.2, -0.15) is 0 Å². The second-order valence-electron chi connectivity index (χ2n) is 4.96. The van der Waals surface area contributed by atoms with Gasteiger partial charge in [0.2, 0.25) is 0 Å². The Morgan fingerprint density at radius 1 is 1.25 bits per heavy atom. The number of benzene rings is 1. The second-order valence-corrected chi connectivity index (χ2v) is 4.96. The van der Waals surface area contributed by atoms with E-state index in [2.05, 4.69) is 9.83 Å². The molecule has 0 bridgehead atoms. The van der Waals surface area contributed by atoms with Gasteiger partial charge in [0, 0.05) is 6.54 Å². The van der Waals surface area contributed by atoms with E-state index in [1.165, 1.54) is 0 Å². The fourth-order valence-electron chi connectivity index (χ4n) is 1.80. The number of hydrogen-bond acceptors (Lipinski definition) is 8. The fourth-order valence-corrected chi connectivity index (χ4v) is 1.80. The Morgan fingerprint density at radius 2 is 1.92 bits per heavy atom. The number of ether oxygens (including phenoxy) is 1. The summed E-state index contributed by atoms with van der Waals surface area (Å²) < 4.78 is 5.18. The number of rotatable bonds is 10. The maximum atomic E-state index is 11.9. The van der Waals surface area contributed by atoms with Gasteiger partial charge in [0.1, 0.15) is 11.8 Å². The van der Waals surface area contributed by atoms with E-state index in [9.17, 15) is 4.79 Å². The molecule has 0 aliphatic rings. The summed E-state index contributed by atoms with van der Waals surface area (Å²) in [6.07, 6.45) is 1.43. The molecular weight excluding hydrogens is 318 g/mol. The van der Waals surface area contributed by atoms with Crippen LogP contribution in [0.25, 0.3) is 0 Å². The van der Waals surface area contributed by atoms with Gasteiger partial charge in [-0.25, -0.2) is 4.79 Å². The summed E-state index contributed by atoms with van der Waals surface area (Å²) in [6.45, 7) is 0.492. The SMILES string of the molecule is NC(N)=NCCCC(N)C(=O)Oc1ccc(CCON(O)O)cc1. The molecule has 10 heteroatoms. The molecule has 0 aromatic heterocycles. The number of carbonyl (C=O) groups is 1. The van der Waals surface area contributed by atoms with Crippen LogP contribution in [0.1, 0.15) is 18.4 Å². The molecule has 0 aliphatic carbocycles. The van der Waals surface area contributed by atoms with E-state index >= 15 is 0 Å². The van der Waals surface area contributed by atoms with Gasteiger partial charge in [-0.15, -0.1) is 0 Å². The number of hydrogen-bond donors (Lipinski definition) is 5. The fraction of sp³-hybridized carbons (Fsp3) is 0.429. The standard InChI is InChI=1S/C14H23N5O5/c15-12(2-1-8-18-14(16)17)13(20)24-11-5-3-10(4-6-11)7-9-23-19(21)22/h3-6,12,21-22H,1-2,7-9,15H2,(H4,16,17,18). The minimum absolute atomic E-state index is 0.00215. The highest BCUT2D eigenvalue weighted by Gasteiger charge is 2.15. The van der Waals surface area contributed by atoms with E-state index in [4.69, 9.17) is 32.4 Å². The molecule has 0 saturated carbocycles. The van der Waals surface area contributed by atoms with Gasteiger partial charge in [0.05, 0.1) is 12.0 Å². The Balaban J connectivity index is 2.36. The van der Waals surface area contributed by atoms with Crippen LogP contribution < -0.4 is 21.9 Å². The first-order valence-electron chi connectivity index (χ1n) is 7.31. The van der Waals surface area contributed by atoms with E-state index in [1.807, 2.05) is 0 Å². The smallest absolute Gasteiger partial charge is 0.328 e. The molecule has 0 fully saturated rings. The third-order valence-electron chi connectivity index (χ3n) is 3.01. The average Bonchev–Trinajstić information content (AvgIpc) is 2.52. The lowest BCUT2D eigenvalue weighted by atomic mass is 10.1. The molecule has 0 spiro atoms. The molecule has 24 heavy (non-hydrogen) atoms. The molecule has 1 aromatic rings. The van der Waals surface area contributed by atoms with Crippen molar-refractivity contribution in [3.63, 3.8) is 0 Å². The predicted molar refractivity (Wildman–Crippen MR) is 85.0 cm³/mol. The Labute approximate surface area is 139 Å². The molecule has 1 aromatic carbocycles. The van der Waals surface area contributed by atoms with Crippen molar-refractivity contribution in [2.45, 2.75) is 25.3 Å². The van der Waals surface area contributed by atoms with Gasteiger partial charge in [0.25, 0.3) is 0 Å². The largest absolute Gasteiger partial charge is 0.425 e. The van der Waals surface area contributed by atoms with Crippen molar-refractivity contribution in [1.82, 2.24) is 5.39 Å². The summed E-state index contributed by atoms with van der Waals surface area (Å²) in [5, 5.41) is 16.5. The second kappa shape index (κ2) is 10.5. The van der Waals surface area contributed by atoms with Gasteiger partial charge in [-0.1, -0.05) is 12.1 Å². The first-order chi connectivity index (χ1) is 11.4. The lowest BCUT2D eigenvalue weighted by Crippen LogP contribution is -2.34. The van der Waals surface area contributed by atoms with Crippen LogP contribution in [0.2, 0.25) is 0 Å². The lowest BCUT2D eigenvalue weighted by Gasteiger charge is -2.11. The molecule has 1 unspecified atom stereocenters. The average molecular weight is 341 g/mol. The molecule has 134 valence electrons. The third-order valence-corrected chi connectivity index (χ3v) is 3.01. The summed E-state index contributed by atoms with van der Waals surface area (Å²) in [5.74, 6) is -0.162. The molecule has 8 N–H and O–H groups in total. The maximum absolute atomic E-state index is 11.9. The van der Waals surface area contributed by atoms with Crippen LogP contribution in [0, 0.1) is 0 Å². The third kappa shape index (κ3) is 8.41. The zero-order chi connectivity index (χ0) is 17.9. The molecule has 1 atom stereocenters. The molecule has 0 radical (unpaired) electrons. The van der Waals surface area contributed by atoms with Gasteiger partial charge in [-0.3, -0.25) is 20.2 Å². The maximum Gasteiger partial charge on any atom is 0.328 e. The molecule has 1 rings (SSSR count). The Morgan fingerprint density at radius 3 is 2.50 bits per heavy atom. The van der Waals surface area contributed by atoms with Gasteiger partial charge in [0.15, 0.2) is 5.96 Å². The molecule has 10 nitrogen and oxygen atoms in total. The Hall–Kier alpha value is -2.24. The lowest BCUT2D eigenvalue weighted by molar-refractivity contribution is -0.492. The molecule has 0 heterocycles. The van der Waals surface area contributed by atoms with Crippen LogP contribution in [0.3, 0.4) is 0 Å². The normalized spacial score (nSPS) is 12.0. The number of nitrogens with zero attached hydrogens (tertiary/aromatic N) is 2. The highest BCUT2D eigenvalue weighted by Crippen LogP contribution is 2.14. The highest BCUT2D eigenvalue weighted by atomic mass is 17.1. The first-order valence-corrected chi connectivity index (χ1v) is 7.31. The minimum atomic E-state index is -0.757. The Bertz CT molecular complexity index is 531.